The molecule has 1 amide bonds. The summed E-state index contributed by atoms with van der Waals surface area (Å²) in [6, 6.07) is 17.8. The highest BCUT2D eigenvalue weighted by Gasteiger charge is 2.12. The molecule has 110 valence electrons. The molecule has 3 nitrogen and oxygen atoms in total. The number of amides is 1. The van der Waals surface area contributed by atoms with Gasteiger partial charge in [0, 0.05) is 18.8 Å². The first-order chi connectivity index (χ1) is 10.2. The SMILES string of the molecule is CCN(CCc1ccccc1)C(=O)Cc1cccc(N)c1. The van der Waals surface area contributed by atoms with E-state index in [2.05, 4.69) is 12.1 Å². The third-order valence-corrected chi connectivity index (χ3v) is 3.55. The maximum atomic E-state index is 12.4. The number of nitrogens with zero attached hydrogens (tertiary/aromatic N) is 1. The zero-order chi connectivity index (χ0) is 15.1. The maximum absolute atomic E-state index is 12.4. The molecule has 0 spiro atoms. The van der Waals surface area contributed by atoms with E-state index in [-0.39, 0.29) is 5.91 Å². The average Bonchev–Trinajstić information content (AvgIpc) is 2.49. The number of likely N-dealkylation sites (N-methyl/N-ethyl adjacent to an activating group) is 1. The number of rotatable bonds is 6. The molecule has 0 bridgehead atoms. The topological polar surface area (TPSA) is 46.3 Å². The second-order valence-electron chi connectivity index (χ2n) is 5.13. The van der Waals surface area contributed by atoms with Crippen molar-refractivity contribution in [3.05, 3.63) is 65.7 Å². The van der Waals surface area contributed by atoms with E-state index in [0.717, 1.165) is 25.1 Å². The van der Waals surface area contributed by atoms with Crippen LogP contribution in [0.25, 0.3) is 0 Å². The molecule has 0 aliphatic rings. The van der Waals surface area contributed by atoms with Crippen LogP contribution in [0.2, 0.25) is 0 Å². The van der Waals surface area contributed by atoms with Crippen LogP contribution < -0.4 is 5.73 Å². The van der Waals surface area contributed by atoms with E-state index in [4.69, 9.17) is 5.73 Å². The Balaban J connectivity index is 1.92. The normalized spacial score (nSPS) is 10.3. The Bertz CT molecular complexity index is 581. The van der Waals surface area contributed by atoms with Crippen molar-refractivity contribution in [1.29, 1.82) is 0 Å². The summed E-state index contributed by atoms with van der Waals surface area (Å²) in [7, 11) is 0. The number of nitrogens with two attached hydrogens (primary N) is 1. The number of anilines is 1. The first-order valence-electron chi connectivity index (χ1n) is 7.35. The van der Waals surface area contributed by atoms with E-state index in [9.17, 15) is 4.79 Å². The summed E-state index contributed by atoms with van der Waals surface area (Å²) >= 11 is 0. The van der Waals surface area contributed by atoms with Gasteiger partial charge in [0.1, 0.15) is 0 Å². The minimum absolute atomic E-state index is 0.152. The lowest BCUT2D eigenvalue weighted by Crippen LogP contribution is -2.33. The predicted octanol–water partition coefficient (Wildman–Crippen LogP) is 2.90. The second kappa shape index (κ2) is 7.48. The smallest absolute Gasteiger partial charge is 0.226 e. The van der Waals surface area contributed by atoms with Crippen LogP contribution in [0.4, 0.5) is 5.69 Å². The average molecular weight is 282 g/mol. The fourth-order valence-corrected chi connectivity index (χ4v) is 2.36. The zero-order valence-electron chi connectivity index (χ0n) is 12.5. The van der Waals surface area contributed by atoms with Crippen LogP contribution in [0.3, 0.4) is 0 Å². The highest BCUT2D eigenvalue weighted by Crippen LogP contribution is 2.09. The van der Waals surface area contributed by atoms with Crippen LogP contribution in [0, 0.1) is 0 Å². The van der Waals surface area contributed by atoms with E-state index in [1.807, 2.05) is 54.3 Å². The molecule has 2 N–H and O–H groups in total. The third kappa shape index (κ3) is 4.63. The van der Waals surface area contributed by atoms with Crippen LogP contribution in [0.15, 0.2) is 54.6 Å². The van der Waals surface area contributed by atoms with Gasteiger partial charge in [0.15, 0.2) is 0 Å². The maximum Gasteiger partial charge on any atom is 0.226 e. The molecular weight excluding hydrogens is 260 g/mol. The lowest BCUT2D eigenvalue weighted by Gasteiger charge is -2.21. The molecule has 0 saturated carbocycles. The Morgan fingerprint density at radius 3 is 2.43 bits per heavy atom. The number of hydrogen-bond donors (Lipinski definition) is 1. The van der Waals surface area contributed by atoms with Gasteiger partial charge in [-0.05, 0) is 36.6 Å². The van der Waals surface area contributed by atoms with Gasteiger partial charge in [0.05, 0.1) is 6.42 Å². The summed E-state index contributed by atoms with van der Waals surface area (Å²) in [6.07, 6.45) is 1.30. The molecule has 2 aromatic rings. The molecule has 0 saturated heterocycles. The van der Waals surface area contributed by atoms with Crippen LogP contribution in [-0.4, -0.2) is 23.9 Å². The van der Waals surface area contributed by atoms with Crippen LogP contribution >= 0.6 is 0 Å². The summed E-state index contributed by atoms with van der Waals surface area (Å²) in [4.78, 5) is 14.3. The van der Waals surface area contributed by atoms with E-state index >= 15 is 0 Å². The number of benzene rings is 2. The Labute approximate surface area is 126 Å². The van der Waals surface area contributed by atoms with Crippen molar-refractivity contribution in [2.24, 2.45) is 0 Å². The Kier molecular flexibility index (Phi) is 5.38. The minimum atomic E-state index is 0.152. The van der Waals surface area contributed by atoms with Gasteiger partial charge in [-0.15, -0.1) is 0 Å². The van der Waals surface area contributed by atoms with Gasteiger partial charge in [-0.3, -0.25) is 4.79 Å². The zero-order valence-corrected chi connectivity index (χ0v) is 12.5. The van der Waals surface area contributed by atoms with Crippen LogP contribution in [0.5, 0.6) is 0 Å². The summed E-state index contributed by atoms with van der Waals surface area (Å²) in [5.41, 5.74) is 8.68. The molecule has 0 fully saturated rings. The van der Waals surface area contributed by atoms with Crippen molar-refractivity contribution in [2.45, 2.75) is 19.8 Å². The molecule has 21 heavy (non-hydrogen) atoms. The lowest BCUT2D eigenvalue weighted by molar-refractivity contribution is -0.130. The van der Waals surface area contributed by atoms with Crippen molar-refractivity contribution in [1.82, 2.24) is 4.90 Å². The molecule has 2 rings (SSSR count). The first-order valence-corrected chi connectivity index (χ1v) is 7.35. The fraction of sp³-hybridized carbons (Fsp3) is 0.278. The number of carbonyl (C=O) groups excluding carboxylic acids is 1. The Morgan fingerprint density at radius 1 is 1.05 bits per heavy atom. The monoisotopic (exact) mass is 282 g/mol. The molecule has 0 heterocycles. The van der Waals surface area contributed by atoms with Gasteiger partial charge in [-0.1, -0.05) is 42.5 Å². The van der Waals surface area contributed by atoms with Crippen molar-refractivity contribution in [3.63, 3.8) is 0 Å². The summed E-state index contributed by atoms with van der Waals surface area (Å²) in [5.74, 6) is 0.152. The molecular formula is C18H22N2O. The number of nitrogen functional groups attached to an aromatic ring is 1. The second-order valence-corrected chi connectivity index (χ2v) is 5.13. The van der Waals surface area contributed by atoms with Gasteiger partial charge in [0.25, 0.3) is 0 Å². The van der Waals surface area contributed by atoms with Crippen LogP contribution in [0.1, 0.15) is 18.1 Å². The van der Waals surface area contributed by atoms with Gasteiger partial charge in [-0.25, -0.2) is 0 Å². The molecule has 0 unspecified atom stereocenters. The van der Waals surface area contributed by atoms with Gasteiger partial charge in [0.2, 0.25) is 5.91 Å². The summed E-state index contributed by atoms with van der Waals surface area (Å²) < 4.78 is 0. The van der Waals surface area contributed by atoms with Crippen molar-refractivity contribution in [3.8, 4) is 0 Å². The van der Waals surface area contributed by atoms with E-state index in [1.165, 1.54) is 5.56 Å². The molecule has 3 heteroatoms. The van der Waals surface area contributed by atoms with Crippen LogP contribution in [-0.2, 0) is 17.6 Å². The van der Waals surface area contributed by atoms with Gasteiger partial charge < -0.3 is 10.6 Å². The third-order valence-electron chi connectivity index (χ3n) is 3.55. The standard InChI is InChI=1S/C18H22N2O/c1-2-20(12-11-15-7-4-3-5-8-15)18(21)14-16-9-6-10-17(19)13-16/h3-10,13H,2,11-12,14,19H2,1H3. The largest absolute Gasteiger partial charge is 0.399 e. The van der Waals surface area contributed by atoms with Gasteiger partial charge in [-0.2, -0.15) is 0 Å². The fourth-order valence-electron chi connectivity index (χ4n) is 2.36. The molecule has 0 aliphatic heterocycles. The lowest BCUT2D eigenvalue weighted by atomic mass is 10.1. The Hall–Kier alpha value is -2.29. The highest BCUT2D eigenvalue weighted by atomic mass is 16.2. The number of carbonyl (C=O) groups is 1. The van der Waals surface area contributed by atoms with E-state index in [1.54, 1.807) is 0 Å². The van der Waals surface area contributed by atoms with Crippen molar-refractivity contribution in [2.75, 3.05) is 18.8 Å². The summed E-state index contributed by atoms with van der Waals surface area (Å²) in [5, 5.41) is 0. The molecule has 2 aromatic carbocycles. The van der Waals surface area contributed by atoms with Crippen molar-refractivity contribution >= 4 is 11.6 Å². The first kappa shape index (κ1) is 15.1. The van der Waals surface area contributed by atoms with E-state index < -0.39 is 0 Å². The molecule has 0 atom stereocenters. The van der Waals surface area contributed by atoms with Gasteiger partial charge >= 0.3 is 0 Å². The quantitative estimate of drug-likeness (QED) is 0.828. The molecule has 0 aromatic heterocycles. The highest BCUT2D eigenvalue weighted by molar-refractivity contribution is 5.79. The van der Waals surface area contributed by atoms with E-state index in [0.29, 0.717) is 12.1 Å². The predicted molar refractivity (Wildman–Crippen MR) is 87.0 cm³/mol. The molecule has 0 aliphatic carbocycles. The Morgan fingerprint density at radius 2 is 1.76 bits per heavy atom. The summed E-state index contributed by atoms with van der Waals surface area (Å²) in [6.45, 7) is 3.50. The van der Waals surface area contributed by atoms with Crippen molar-refractivity contribution < 1.29 is 4.79 Å². The molecule has 0 radical (unpaired) electrons. The minimum Gasteiger partial charge on any atom is -0.399 e. The number of hydrogen-bond acceptors (Lipinski definition) is 2.